The van der Waals surface area contributed by atoms with Crippen molar-refractivity contribution in [2.75, 3.05) is 6.61 Å². The molecule has 2 aliphatic heterocycles. The van der Waals surface area contributed by atoms with Crippen molar-refractivity contribution < 1.29 is 28.5 Å². The zero-order valence-electron chi connectivity index (χ0n) is 15.5. The standard InChI is InChI=1S/C21H24O6/c1-3-24-19(22)10-9-17-18(25-13-15-7-5-4-6-8-15)11-16-12-20(23)26-14(2)21(16)27-17/h4-11,14,17-18,21H,3,12-13H2,1-2H3. The summed E-state index contributed by atoms with van der Waals surface area (Å²) >= 11 is 0. The van der Waals surface area contributed by atoms with Crippen LogP contribution in [0.4, 0.5) is 0 Å². The van der Waals surface area contributed by atoms with E-state index in [1.807, 2.05) is 36.4 Å². The maximum absolute atomic E-state index is 11.7. The van der Waals surface area contributed by atoms with Gasteiger partial charge in [-0.1, -0.05) is 36.4 Å². The average molecular weight is 372 g/mol. The van der Waals surface area contributed by atoms with E-state index in [9.17, 15) is 9.59 Å². The van der Waals surface area contributed by atoms with Crippen LogP contribution in [0.5, 0.6) is 0 Å². The summed E-state index contributed by atoms with van der Waals surface area (Å²) in [6.07, 6.45) is 3.49. The Balaban J connectivity index is 1.77. The molecule has 0 amide bonds. The Morgan fingerprint density at radius 2 is 2.07 bits per heavy atom. The van der Waals surface area contributed by atoms with Crippen molar-refractivity contribution in [2.24, 2.45) is 0 Å². The Kier molecular flexibility index (Phi) is 6.42. The number of carbonyl (C=O) groups excluding carboxylic acids is 2. The van der Waals surface area contributed by atoms with Crippen LogP contribution in [0.15, 0.2) is 54.1 Å². The maximum Gasteiger partial charge on any atom is 0.330 e. The van der Waals surface area contributed by atoms with Gasteiger partial charge in [0, 0.05) is 6.08 Å². The van der Waals surface area contributed by atoms with Crippen LogP contribution in [0.1, 0.15) is 25.8 Å². The lowest BCUT2D eigenvalue weighted by Gasteiger charge is -2.39. The van der Waals surface area contributed by atoms with Gasteiger partial charge in [0.2, 0.25) is 0 Å². The summed E-state index contributed by atoms with van der Waals surface area (Å²) in [5, 5.41) is 0. The minimum Gasteiger partial charge on any atom is -0.463 e. The Labute approximate surface area is 158 Å². The molecule has 0 spiro atoms. The van der Waals surface area contributed by atoms with Crippen molar-refractivity contribution in [3.8, 4) is 0 Å². The van der Waals surface area contributed by atoms with E-state index in [1.54, 1.807) is 19.9 Å². The summed E-state index contributed by atoms with van der Waals surface area (Å²) in [5.41, 5.74) is 1.89. The molecule has 4 atom stereocenters. The Bertz CT molecular complexity index is 723. The third-order valence-corrected chi connectivity index (χ3v) is 4.46. The number of fused-ring (bicyclic) bond motifs is 1. The maximum atomic E-state index is 11.7. The molecule has 2 aliphatic rings. The molecule has 144 valence electrons. The first kappa shape index (κ1) is 19.3. The minimum absolute atomic E-state index is 0.189. The van der Waals surface area contributed by atoms with Crippen LogP contribution >= 0.6 is 0 Å². The van der Waals surface area contributed by atoms with Gasteiger partial charge in [-0.3, -0.25) is 4.79 Å². The van der Waals surface area contributed by atoms with Crippen LogP contribution in [-0.2, 0) is 35.1 Å². The molecular weight excluding hydrogens is 348 g/mol. The van der Waals surface area contributed by atoms with Gasteiger partial charge in [-0.2, -0.15) is 0 Å². The van der Waals surface area contributed by atoms with Crippen LogP contribution in [-0.4, -0.2) is 43.0 Å². The molecule has 6 nitrogen and oxygen atoms in total. The summed E-state index contributed by atoms with van der Waals surface area (Å²) in [4.78, 5) is 23.4. The number of cyclic esters (lactones) is 1. The van der Waals surface area contributed by atoms with Gasteiger partial charge in [-0.25, -0.2) is 4.79 Å². The topological polar surface area (TPSA) is 71.1 Å². The van der Waals surface area contributed by atoms with E-state index in [-0.39, 0.29) is 24.6 Å². The lowest BCUT2D eigenvalue weighted by atomic mass is 9.93. The number of ether oxygens (including phenoxy) is 4. The molecule has 2 heterocycles. The van der Waals surface area contributed by atoms with E-state index in [0.717, 1.165) is 11.1 Å². The summed E-state index contributed by atoms with van der Waals surface area (Å²) in [6, 6.07) is 9.79. The third kappa shape index (κ3) is 5.05. The fourth-order valence-electron chi connectivity index (χ4n) is 3.21. The molecule has 0 bridgehead atoms. The van der Waals surface area contributed by atoms with Crippen LogP contribution < -0.4 is 0 Å². The third-order valence-electron chi connectivity index (χ3n) is 4.46. The quantitative estimate of drug-likeness (QED) is 0.434. The van der Waals surface area contributed by atoms with E-state index in [0.29, 0.717) is 13.2 Å². The van der Waals surface area contributed by atoms with Gasteiger partial charge in [-0.05, 0) is 31.1 Å². The highest BCUT2D eigenvalue weighted by Gasteiger charge is 2.39. The predicted octanol–water partition coefficient (Wildman–Crippen LogP) is 2.72. The van der Waals surface area contributed by atoms with Crippen molar-refractivity contribution in [1.82, 2.24) is 0 Å². The molecule has 1 aromatic carbocycles. The van der Waals surface area contributed by atoms with E-state index in [2.05, 4.69) is 0 Å². The van der Waals surface area contributed by atoms with Gasteiger partial charge in [0.05, 0.1) is 19.6 Å². The second-order valence-electron chi connectivity index (χ2n) is 6.51. The van der Waals surface area contributed by atoms with E-state index >= 15 is 0 Å². The average Bonchev–Trinajstić information content (AvgIpc) is 2.65. The van der Waals surface area contributed by atoms with Gasteiger partial charge >= 0.3 is 11.9 Å². The summed E-state index contributed by atoms with van der Waals surface area (Å²) < 4.78 is 22.4. The van der Waals surface area contributed by atoms with Crippen LogP contribution in [0.25, 0.3) is 0 Å². The number of benzene rings is 1. The highest BCUT2D eigenvalue weighted by Crippen LogP contribution is 2.32. The Morgan fingerprint density at radius 3 is 2.81 bits per heavy atom. The second-order valence-corrected chi connectivity index (χ2v) is 6.51. The molecule has 0 aliphatic carbocycles. The number of hydrogen-bond donors (Lipinski definition) is 0. The van der Waals surface area contributed by atoms with Crippen molar-refractivity contribution in [1.29, 1.82) is 0 Å². The molecule has 0 saturated carbocycles. The fourth-order valence-corrected chi connectivity index (χ4v) is 3.21. The lowest BCUT2D eigenvalue weighted by molar-refractivity contribution is -0.168. The van der Waals surface area contributed by atoms with Crippen LogP contribution in [0, 0.1) is 0 Å². The fraction of sp³-hybridized carbons (Fsp3) is 0.429. The van der Waals surface area contributed by atoms with Gasteiger partial charge in [-0.15, -0.1) is 0 Å². The summed E-state index contributed by atoms with van der Waals surface area (Å²) in [7, 11) is 0. The molecule has 6 heteroatoms. The molecule has 3 rings (SSSR count). The SMILES string of the molecule is CCOC(=O)C=CC1OC2C(=CC1OCc1ccccc1)CC(=O)OC2C. The molecule has 1 aromatic rings. The zero-order valence-corrected chi connectivity index (χ0v) is 15.5. The molecule has 0 radical (unpaired) electrons. The van der Waals surface area contributed by atoms with Crippen molar-refractivity contribution in [3.05, 3.63) is 59.7 Å². The molecule has 1 saturated heterocycles. The second kappa shape index (κ2) is 8.97. The Hall–Kier alpha value is -2.44. The first-order valence-corrected chi connectivity index (χ1v) is 9.13. The normalized spacial score (nSPS) is 27.6. The van der Waals surface area contributed by atoms with Gasteiger partial charge in [0.1, 0.15) is 24.4 Å². The molecular formula is C21H24O6. The van der Waals surface area contributed by atoms with Crippen LogP contribution in [0.2, 0.25) is 0 Å². The zero-order chi connectivity index (χ0) is 19.2. The molecule has 4 unspecified atom stereocenters. The summed E-state index contributed by atoms with van der Waals surface area (Å²) in [6.45, 7) is 4.25. The monoisotopic (exact) mass is 372 g/mol. The molecule has 0 aromatic heterocycles. The summed E-state index contributed by atoms with van der Waals surface area (Å²) in [5.74, 6) is -0.697. The molecule has 27 heavy (non-hydrogen) atoms. The predicted molar refractivity (Wildman–Crippen MR) is 97.7 cm³/mol. The number of hydrogen-bond acceptors (Lipinski definition) is 6. The minimum atomic E-state index is -0.480. The first-order chi connectivity index (χ1) is 13.1. The van der Waals surface area contributed by atoms with E-state index < -0.39 is 18.2 Å². The van der Waals surface area contributed by atoms with Gasteiger partial charge in [0.25, 0.3) is 0 Å². The molecule has 0 N–H and O–H groups in total. The number of rotatable bonds is 6. The molecule has 1 fully saturated rings. The van der Waals surface area contributed by atoms with Gasteiger partial charge < -0.3 is 18.9 Å². The van der Waals surface area contributed by atoms with Crippen LogP contribution in [0.3, 0.4) is 0 Å². The van der Waals surface area contributed by atoms with E-state index in [4.69, 9.17) is 18.9 Å². The van der Waals surface area contributed by atoms with Crippen molar-refractivity contribution in [3.63, 3.8) is 0 Å². The smallest absolute Gasteiger partial charge is 0.330 e. The highest BCUT2D eigenvalue weighted by atomic mass is 16.6. The van der Waals surface area contributed by atoms with Crippen molar-refractivity contribution in [2.45, 2.75) is 51.3 Å². The highest BCUT2D eigenvalue weighted by molar-refractivity contribution is 5.82. The van der Waals surface area contributed by atoms with Gasteiger partial charge in [0.15, 0.2) is 0 Å². The first-order valence-electron chi connectivity index (χ1n) is 9.13. The largest absolute Gasteiger partial charge is 0.463 e. The lowest BCUT2D eigenvalue weighted by Crippen LogP contribution is -2.47. The number of carbonyl (C=O) groups is 2. The number of esters is 2. The Morgan fingerprint density at radius 1 is 1.30 bits per heavy atom. The van der Waals surface area contributed by atoms with Crippen molar-refractivity contribution >= 4 is 11.9 Å². The van der Waals surface area contributed by atoms with E-state index in [1.165, 1.54) is 6.08 Å².